The number of carboxylic acid groups (broad SMARTS) is 1. The third-order valence-electron chi connectivity index (χ3n) is 3.27. The van der Waals surface area contributed by atoms with Gasteiger partial charge in [-0.2, -0.15) is 0 Å². The van der Waals surface area contributed by atoms with Gasteiger partial charge in [-0.3, -0.25) is 9.69 Å². The molecule has 1 aliphatic rings. The van der Waals surface area contributed by atoms with Crippen LogP contribution in [-0.4, -0.2) is 28.6 Å². The van der Waals surface area contributed by atoms with Gasteiger partial charge in [-0.1, -0.05) is 12.5 Å². The molecular formula is C13H15F2NO2. The van der Waals surface area contributed by atoms with Crippen molar-refractivity contribution in [1.29, 1.82) is 0 Å². The number of carbonyl (C=O) groups is 1. The highest BCUT2D eigenvalue weighted by atomic mass is 19.2. The molecule has 0 spiro atoms. The van der Waals surface area contributed by atoms with Crippen LogP contribution in [0, 0.1) is 11.6 Å². The summed E-state index contributed by atoms with van der Waals surface area (Å²) in [7, 11) is 0. The number of carboxylic acids is 1. The van der Waals surface area contributed by atoms with E-state index in [2.05, 4.69) is 0 Å². The second-order valence-electron chi connectivity index (χ2n) is 4.57. The van der Waals surface area contributed by atoms with E-state index in [1.54, 1.807) is 4.90 Å². The van der Waals surface area contributed by atoms with E-state index in [0.29, 0.717) is 25.1 Å². The molecule has 1 atom stereocenters. The van der Waals surface area contributed by atoms with Crippen LogP contribution >= 0.6 is 0 Å². The van der Waals surface area contributed by atoms with Crippen molar-refractivity contribution >= 4 is 5.97 Å². The van der Waals surface area contributed by atoms with Gasteiger partial charge < -0.3 is 5.11 Å². The van der Waals surface area contributed by atoms with Crippen LogP contribution < -0.4 is 0 Å². The highest BCUT2D eigenvalue weighted by Gasteiger charge is 2.28. The molecule has 1 unspecified atom stereocenters. The Hall–Kier alpha value is -1.49. The van der Waals surface area contributed by atoms with Gasteiger partial charge in [0.15, 0.2) is 11.6 Å². The summed E-state index contributed by atoms with van der Waals surface area (Å²) in [5, 5.41) is 9.11. The molecule has 0 amide bonds. The molecule has 0 saturated carbocycles. The van der Waals surface area contributed by atoms with E-state index in [1.807, 2.05) is 0 Å². The minimum absolute atomic E-state index is 0.341. The molecule has 1 saturated heterocycles. The molecule has 98 valence electrons. The lowest BCUT2D eigenvalue weighted by molar-refractivity contribution is -0.144. The predicted octanol–water partition coefficient (Wildman–Crippen LogP) is 2.40. The Kier molecular flexibility index (Phi) is 3.91. The maximum Gasteiger partial charge on any atom is 0.320 e. The van der Waals surface area contributed by atoms with Crippen molar-refractivity contribution in [3.8, 4) is 0 Å². The molecular weight excluding hydrogens is 240 g/mol. The lowest BCUT2D eigenvalue weighted by Gasteiger charge is -2.32. The lowest BCUT2D eigenvalue weighted by atomic mass is 10.0. The average molecular weight is 255 g/mol. The molecule has 1 aliphatic heterocycles. The molecule has 0 radical (unpaired) electrons. The first-order valence-corrected chi connectivity index (χ1v) is 5.98. The number of halogens is 2. The van der Waals surface area contributed by atoms with Crippen LogP contribution in [0.4, 0.5) is 8.78 Å². The normalized spacial score (nSPS) is 20.9. The third kappa shape index (κ3) is 2.85. The SMILES string of the molecule is O=C(O)C1CCCCN1Cc1ccc(F)c(F)c1. The average Bonchev–Trinajstić information content (AvgIpc) is 2.34. The number of nitrogens with zero attached hydrogens (tertiary/aromatic N) is 1. The maximum absolute atomic E-state index is 13.1. The van der Waals surface area contributed by atoms with E-state index in [0.717, 1.165) is 25.0 Å². The van der Waals surface area contributed by atoms with Gasteiger partial charge in [-0.05, 0) is 37.1 Å². The van der Waals surface area contributed by atoms with Crippen LogP contribution in [0.1, 0.15) is 24.8 Å². The Morgan fingerprint density at radius 1 is 1.33 bits per heavy atom. The highest BCUT2D eigenvalue weighted by Crippen LogP contribution is 2.20. The van der Waals surface area contributed by atoms with E-state index in [1.165, 1.54) is 6.07 Å². The van der Waals surface area contributed by atoms with E-state index in [4.69, 9.17) is 5.11 Å². The summed E-state index contributed by atoms with van der Waals surface area (Å²) in [6.07, 6.45) is 2.44. The number of hydrogen-bond donors (Lipinski definition) is 1. The molecule has 0 aliphatic carbocycles. The Labute approximate surface area is 104 Å². The Balaban J connectivity index is 2.10. The Morgan fingerprint density at radius 2 is 2.11 bits per heavy atom. The highest BCUT2D eigenvalue weighted by molar-refractivity contribution is 5.73. The summed E-state index contributed by atoms with van der Waals surface area (Å²) >= 11 is 0. The summed E-state index contributed by atoms with van der Waals surface area (Å²) < 4.78 is 25.9. The fourth-order valence-electron chi connectivity index (χ4n) is 2.33. The molecule has 5 heteroatoms. The van der Waals surface area contributed by atoms with Crippen LogP contribution in [0.2, 0.25) is 0 Å². The smallest absolute Gasteiger partial charge is 0.320 e. The third-order valence-corrected chi connectivity index (χ3v) is 3.27. The zero-order valence-corrected chi connectivity index (χ0v) is 9.90. The fraction of sp³-hybridized carbons (Fsp3) is 0.462. The van der Waals surface area contributed by atoms with Crippen molar-refractivity contribution in [2.24, 2.45) is 0 Å². The minimum atomic E-state index is -0.892. The van der Waals surface area contributed by atoms with E-state index in [-0.39, 0.29) is 0 Å². The largest absolute Gasteiger partial charge is 0.480 e. The van der Waals surface area contributed by atoms with Crippen LogP contribution in [0.5, 0.6) is 0 Å². The number of aliphatic carboxylic acids is 1. The Bertz CT molecular complexity index is 451. The first-order valence-electron chi connectivity index (χ1n) is 5.98. The van der Waals surface area contributed by atoms with Crippen molar-refractivity contribution in [2.75, 3.05) is 6.54 Å². The van der Waals surface area contributed by atoms with Gasteiger partial charge in [-0.25, -0.2) is 8.78 Å². The topological polar surface area (TPSA) is 40.5 Å². The monoisotopic (exact) mass is 255 g/mol. The van der Waals surface area contributed by atoms with E-state index < -0.39 is 23.6 Å². The summed E-state index contributed by atoms with van der Waals surface area (Å²) in [5.74, 6) is -2.62. The number of rotatable bonds is 3. The number of benzene rings is 1. The zero-order chi connectivity index (χ0) is 13.1. The summed E-state index contributed by atoms with van der Waals surface area (Å²) in [6, 6.07) is 3.17. The number of hydrogen-bond acceptors (Lipinski definition) is 2. The Morgan fingerprint density at radius 3 is 2.78 bits per heavy atom. The minimum Gasteiger partial charge on any atom is -0.480 e. The van der Waals surface area contributed by atoms with Crippen molar-refractivity contribution in [1.82, 2.24) is 4.90 Å². The molecule has 1 aromatic rings. The van der Waals surface area contributed by atoms with Gasteiger partial charge >= 0.3 is 5.97 Å². The molecule has 1 fully saturated rings. The van der Waals surface area contributed by atoms with Gasteiger partial charge in [0.2, 0.25) is 0 Å². The van der Waals surface area contributed by atoms with Crippen LogP contribution in [-0.2, 0) is 11.3 Å². The zero-order valence-electron chi connectivity index (χ0n) is 9.90. The molecule has 1 heterocycles. The number of piperidine rings is 1. The molecule has 2 rings (SSSR count). The van der Waals surface area contributed by atoms with E-state index in [9.17, 15) is 13.6 Å². The van der Waals surface area contributed by atoms with Crippen molar-refractivity contribution in [3.63, 3.8) is 0 Å². The number of likely N-dealkylation sites (tertiary alicyclic amines) is 1. The molecule has 0 bridgehead atoms. The molecule has 0 aromatic heterocycles. The molecule has 1 N–H and O–H groups in total. The lowest BCUT2D eigenvalue weighted by Crippen LogP contribution is -2.44. The predicted molar refractivity (Wildman–Crippen MR) is 62.0 cm³/mol. The summed E-state index contributed by atoms with van der Waals surface area (Å²) in [5.41, 5.74) is 0.599. The maximum atomic E-state index is 13.1. The first-order chi connectivity index (χ1) is 8.58. The standard InChI is InChI=1S/C13H15F2NO2/c14-10-5-4-9(7-11(10)15)8-16-6-2-1-3-12(16)13(17)18/h4-5,7,12H,1-3,6,8H2,(H,17,18). The first kappa shape index (κ1) is 13.0. The van der Waals surface area contributed by atoms with Gasteiger partial charge in [0.05, 0.1) is 0 Å². The molecule has 18 heavy (non-hydrogen) atoms. The summed E-state index contributed by atoms with van der Waals surface area (Å²) in [6.45, 7) is 1.02. The second kappa shape index (κ2) is 5.44. The van der Waals surface area contributed by atoms with Crippen molar-refractivity contribution in [3.05, 3.63) is 35.4 Å². The fourth-order valence-corrected chi connectivity index (χ4v) is 2.33. The van der Waals surface area contributed by atoms with Gasteiger partial charge in [0.1, 0.15) is 6.04 Å². The second-order valence-corrected chi connectivity index (χ2v) is 4.57. The van der Waals surface area contributed by atoms with Crippen LogP contribution in [0.3, 0.4) is 0 Å². The molecule has 1 aromatic carbocycles. The van der Waals surface area contributed by atoms with Crippen molar-refractivity contribution < 1.29 is 18.7 Å². The van der Waals surface area contributed by atoms with Gasteiger partial charge in [0, 0.05) is 6.54 Å². The van der Waals surface area contributed by atoms with Crippen LogP contribution in [0.25, 0.3) is 0 Å². The van der Waals surface area contributed by atoms with Crippen LogP contribution in [0.15, 0.2) is 18.2 Å². The molecule has 3 nitrogen and oxygen atoms in total. The van der Waals surface area contributed by atoms with E-state index >= 15 is 0 Å². The summed E-state index contributed by atoms with van der Waals surface area (Å²) in [4.78, 5) is 12.9. The van der Waals surface area contributed by atoms with Crippen molar-refractivity contribution in [2.45, 2.75) is 31.8 Å². The van der Waals surface area contributed by atoms with Gasteiger partial charge in [-0.15, -0.1) is 0 Å². The van der Waals surface area contributed by atoms with Gasteiger partial charge in [0.25, 0.3) is 0 Å². The quantitative estimate of drug-likeness (QED) is 0.901.